The molecule has 0 saturated heterocycles. The third-order valence-corrected chi connectivity index (χ3v) is 4.39. The molecular weight excluding hydrogens is 358 g/mol. The number of benzene rings is 2. The third kappa shape index (κ3) is 3.62. The lowest BCUT2D eigenvalue weighted by molar-refractivity contribution is -0.384. The predicted octanol–water partition coefficient (Wildman–Crippen LogP) is 3.71. The number of aromatic amines is 1. The lowest BCUT2D eigenvalue weighted by atomic mass is 10.1. The summed E-state index contributed by atoms with van der Waals surface area (Å²) in [6.07, 6.45) is 2.47. The van der Waals surface area contributed by atoms with Crippen molar-refractivity contribution < 1.29 is 14.5 Å². The molecule has 1 aromatic heterocycles. The molecule has 3 aromatic rings. The van der Waals surface area contributed by atoms with Crippen molar-refractivity contribution in [3.05, 3.63) is 68.9 Å². The maximum atomic E-state index is 12.3. The van der Waals surface area contributed by atoms with Crippen LogP contribution in [0.25, 0.3) is 10.9 Å². The molecule has 0 aliphatic heterocycles. The van der Waals surface area contributed by atoms with Crippen molar-refractivity contribution in [1.29, 1.82) is 0 Å². The van der Waals surface area contributed by atoms with Gasteiger partial charge in [-0.2, -0.15) is 0 Å². The fraction of sp³-hybridized carbons (Fsp3) is 0.167. The highest BCUT2D eigenvalue weighted by Crippen LogP contribution is 2.24. The zero-order chi connectivity index (χ0) is 18.7. The molecule has 26 heavy (non-hydrogen) atoms. The molecule has 0 aliphatic rings. The number of nitro benzene ring substituents is 1. The Hall–Kier alpha value is -3.06. The zero-order valence-electron chi connectivity index (χ0n) is 13.9. The standard InChI is InChI=1S/C18H16ClN3O4/c1-26-13-3-5-17-14(9-13)11(10-21-17)6-7-20-18(23)15-8-12(22(24)25)2-4-16(15)19/h2-5,8-10,21H,6-7H2,1H3,(H,20,23). The number of ether oxygens (including phenoxy) is 1. The number of H-pyrrole nitrogens is 1. The van der Waals surface area contributed by atoms with E-state index in [1.54, 1.807) is 7.11 Å². The number of halogens is 1. The molecule has 0 unspecified atom stereocenters. The van der Waals surface area contributed by atoms with E-state index in [9.17, 15) is 14.9 Å². The SMILES string of the molecule is COc1ccc2[nH]cc(CCNC(=O)c3cc([N+](=O)[O-])ccc3Cl)c2c1. The second-order valence-corrected chi connectivity index (χ2v) is 6.06. The van der Waals surface area contributed by atoms with E-state index in [1.165, 1.54) is 18.2 Å². The predicted molar refractivity (Wildman–Crippen MR) is 99.0 cm³/mol. The van der Waals surface area contributed by atoms with Crippen LogP contribution in [0.2, 0.25) is 5.02 Å². The van der Waals surface area contributed by atoms with Crippen molar-refractivity contribution in [3.63, 3.8) is 0 Å². The van der Waals surface area contributed by atoms with Gasteiger partial charge in [0.05, 0.1) is 22.6 Å². The summed E-state index contributed by atoms with van der Waals surface area (Å²) in [5, 5.41) is 14.8. The summed E-state index contributed by atoms with van der Waals surface area (Å²) in [6, 6.07) is 9.52. The van der Waals surface area contributed by atoms with Crippen LogP contribution >= 0.6 is 11.6 Å². The van der Waals surface area contributed by atoms with Gasteiger partial charge >= 0.3 is 0 Å². The zero-order valence-corrected chi connectivity index (χ0v) is 14.7. The van der Waals surface area contributed by atoms with Gasteiger partial charge in [-0.3, -0.25) is 14.9 Å². The molecule has 2 N–H and O–H groups in total. The molecule has 2 aromatic carbocycles. The molecule has 0 saturated carbocycles. The molecule has 8 heteroatoms. The number of aromatic nitrogens is 1. The number of carbonyl (C=O) groups excluding carboxylic acids is 1. The van der Waals surface area contributed by atoms with E-state index in [2.05, 4.69) is 10.3 Å². The van der Waals surface area contributed by atoms with Crippen LogP contribution in [-0.2, 0) is 6.42 Å². The monoisotopic (exact) mass is 373 g/mol. The Morgan fingerprint density at radius 2 is 2.12 bits per heavy atom. The van der Waals surface area contributed by atoms with E-state index in [-0.39, 0.29) is 16.3 Å². The van der Waals surface area contributed by atoms with Gasteiger partial charge in [0.15, 0.2) is 0 Å². The van der Waals surface area contributed by atoms with Crippen molar-refractivity contribution in [2.75, 3.05) is 13.7 Å². The number of hydrogen-bond acceptors (Lipinski definition) is 4. The first kappa shape index (κ1) is 17.8. The first-order valence-corrected chi connectivity index (χ1v) is 8.23. The number of hydrogen-bond donors (Lipinski definition) is 2. The first-order valence-electron chi connectivity index (χ1n) is 7.85. The second kappa shape index (κ2) is 7.45. The number of nitrogens with zero attached hydrogens (tertiary/aromatic N) is 1. The molecule has 0 atom stereocenters. The first-order chi connectivity index (χ1) is 12.5. The molecule has 0 spiro atoms. The molecule has 0 bridgehead atoms. The van der Waals surface area contributed by atoms with Gasteiger partial charge in [-0.1, -0.05) is 11.6 Å². The van der Waals surface area contributed by atoms with Gasteiger partial charge in [0.1, 0.15) is 5.75 Å². The molecule has 1 heterocycles. The van der Waals surface area contributed by atoms with E-state index < -0.39 is 10.8 Å². The average Bonchev–Trinajstić information content (AvgIpc) is 3.04. The van der Waals surface area contributed by atoms with Crippen LogP contribution in [0.5, 0.6) is 5.75 Å². The molecule has 0 radical (unpaired) electrons. The lowest BCUT2D eigenvalue weighted by Crippen LogP contribution is -2.26. The van der Waals surface area contributed by atoms with Gasteiger partial charge in [-0.15, -0.1) is 0 Å². The van der Waals surface area contributed by atoms with Crippen LogP contribution in [0.3, 0.4) is 0 Å². The summed E-state index contributed by atoms with van der Waals surface area (Å²) in [4.78, 5) is 25.7. The van der Waals surface area contributed by atoms with Gasteiger partial charge in [0, 0.05) is 35.8 Å². The Balaban J connectivity index is 1.69. The quantitative estimate of drug-likeness (QED) is 0.508. The summed E-state index contributed by atoms with van der Waals surface area (Å²) < 4.78 is 5.24. The molecular formula is C18H16ClN3O4. The summed E-state index contributed by atoms with van der Waals surface area (Å²) in [6.45, 7) is 0.363. The summed E-state index contributed by atoms with van der Waals surface area (Å²) in [5.74, 6) is 0.307. The number of nitrogens with one attached hydrogen (secondary N) is 2. The highest BCUT2D eigenvalue weighted by molar-refractivity contribution is 6.33. The number of methoxy groups -OCH3 is 1. The molecule has 7 nitrogen and oxygen atoms in total. The number of non-ortho nitro benzene ring substituents is 1. The van der Waals surface area contributed by atoms with Gasteiger partial charge < -0.3 is 15.0 Å². The van der Waals surface area contributed by atoms with Crippen molar-refractivity contribution >= 4 is 34.1 Å². The topological polar surface area (TPSA) is 97.3 Å². The minimum Gasteiger partial charge on any atom is -0.497 e. The van der Waals surface area contributed by atoms with E-state index in [0.29, 0.717) is 13.0 Å². The minimum atomic E-state index is -0.563. The Kier molecular flexibility index (Phi) is 5.09. The number of amides is 1. The number of carbonyl (C=O) groups is 1. The summed E-state index contributed by atoms with van der Waals surface area (Å²) in [5.41, 5.74) is 1.92. The summed E-state index contributed by atoms with van der Waals surface area (Å²) >= 11 is 5.98. The molecule has 0 aliphatic carbocycles. The van der Waals surface area contributed by atoms with Gasteiger partial charge in [0.2, 0.25) is 0 Å². The fourth-order valence-electron chi connectivity index (χ4n) is 2.70. The second-order valence-electron chi connectivity index (χ2n) is 5.65. The Labute approximate surface area is 154 Å². The van der Waals surface area contributed by atoms with Crippen LogP contribution in [0.4, 0.5) is 5.69 Å². The molecule has 0 fully saturated rings. The Morgan fingerprint density at radius 3 is 2.85 bits per heavy atom. The van der Waals surface area contributed by atoms with E-state index >= 15 is 0 Å². The highest BCUT2D eigenvalue weighted by Gasteiger charge is 2.15. The Morgan fingerprint density at radius 1 is 1.31 bits per heavy atom. The van der Waals surface area contributed by atoms with E-state index in [1.807, 2.05) is 24.4 Å². The van der Waals surface area contributed by atoms with Crippen LogP contribution in [-0.4, -0.2) is 29.5 Å². The number of rotatable bonds is 6. The van der Waals surface area contributed by atoms with Crippen molar-refractivity contribution in [2.45, 2.75) is 6.42 Å². The van der Waals surface area contributed by atoms with Crippen molar-refractivity contribution in [2.24, 2.45) is 0 Å². The maximum Gasteiger partial charge on any atom is 0.270 e. The van der Waals surface area contributed by atoms with Crippen LogP contribution in [0, 0.1) is 10.1 Å². The van der Waals surface area contributed by atoms with E-state index in [0.717, 1.165) is 22.2 Å². The lowest BCUT2D eigenvalue weighted by Gasteiger charge is -2.07. The van der Waals surface area contributed by atoms with Crippen LogP contribution in [0.1, 0.15) is 15.9 Å². The van der Waals surface area contributed by atoms with Crippen molar-refractivity contribution in [1.82, 2.24) is 10.3 Å². The van der Waals surface area contributed by atoms with Crippen LogP contribution < -0.4 is 10.1 Å². The van der Waals surface area contributed by atoms with Gasteiger partial charge in [0.25, 0.3) is 11.6 Å². The summed E-state index contributed by atoms with van der Waals surface area (Å²) in [7, 11) is 1.61. The van der Waals surface area contributed by atoms with E-state index in [4.69, 9.17) is 16.3 Å². The third-order valence-electron chi connectivity index (χ3n) is 4.06. The minimum absolute atomic E-state index is 0.0847. The molecule has 134 valence electrons. The normalized spacial score (nSPS) is 10.7. The van der Waals surface area contributed by atoms with Crippen LogP contribution in [0.15, 0.2) is 42.6 Å². The molecule has 3 rings (SSSR count). The Bertz CT molecular complexity index is 984. The van der Waals surface area contributed by atoms with Crippen molar-refractivity contribution in [3.8, 4) is 5.75 Å². The van der Waals surface area contributed by atoms with Gasteiger partial charge in [-0.25, -0.2) is 0 Å². The number of nitro groups is 1. The number of fused-ring (bicyclic) bond motifs is 1. The molecule has 1 amide bonds. The fourth-order valence-corrected chi connectivity index (χ4v) is 2.90. The smallest absolute Gasteiger partial charge is 0.270 e. The largest absolute Gasteiger partial charge is 0.497 e. The maximum absolute atomic E-state index is 12.3. The van der Waals surface area contributed by atoms with Gasteiger partial charge in [-0.05, 0) is 36.2 Å². The average molecular weight is 374 g/mol. The highest BCUT2D eigenvalue weighted by atomic mass is 35.5.